The van der Waals surface area contributed by atoms with Gasteiger partial charge in [-0.25, -0.2) is 0 Å². The minimum absolute atomic E-state index is 0.686. The minimum Gasteiger partial charge on any atom is -0.314 e. The van der Waals surface area contributed by atoms with Gasteiger partial charge >= 0.3 is 0 Å². The van der Waals surface area contributed by atoms with Crippen LogP contribution in [0.15, 0.2) is 24.3 Å². The summed E-state index contributed by atoms with van der Waals surface area (Å²) in [6, 6.07) is 9.33. The van der Waals surface area contributed by atoms with E-state index >= 15 is 0 Å². The quantitative estimate of drug-likeness (QED) is 0.903. The maximum absolute atomic E-state index is 4.85. The van der Waals surface area contributed by atoms with Gasteiger partial charge in [0.25, 0.3) is 0 Å². The zero-order valence-corrected chi connectivity index (χ0v) is 12.6. The van der Waals surface area contributed by atoms with Crippen LogP contribution in [0.3, 0.4) is 0 Å². The highest BCUT2D eigenvalue weighted by molar-refractivity contribution is 5.81. The standard InChI is InChI=1S/C17H25N3/c1-3-18-15-10-7-8-13(15)12-16-14-9-5-6-11-17(14)20(4-2)19-16/h5-6,9,11,13,15,18H,3-4,7-8,10,12H2,1-2H3. The third-order valence-electron chi connectivity index (χ3n) is 4.61. The molecule has 0 bridgehead atoms. The molecule has 1 saturated carbocycles. The van der Waals surface area contributed by atoms with Gasteiger partial charge in [-0.15, -0.1) is 0 Å². The Morgan fingerprint density at radius 3 is 2.90 bits per heavy atom. The summed E-state index contributed by atoms with van der Waals surface area (Å²) in [5.41, 5.74) is 2.57. The molecule has 0 saturated heterocycles. The minimum atomic E-state index is 0.686. The van der Waals surface area contributed by atoms with E-state index in [1.165, 1.54) is 35.9 Å². The van der Waals surface area contributed by atoms with Gasteiger partial charge < -0.3 is 5.32 Å². The number of benzene rings is 1. The summed E-state index contributed by atoms with van der Waals surface area (Å²) >= 11 is 0. The fraction of sp³-hybridized carbons (Fsp3) is 0.588. The topological polar surface area (TPSA) is 29.9 Å². The number of rotatable bonds is 5. The summed E-state index contributed by atoms with van der Waals surface area (Å²) in [7, 11) is 0. The fourth-order valence-corrected chi connectivity index (χ4v) is 3.65. The molecule has 2 aromatic rings. The van der Waals surface area contributed by atoms with Crippen LogP contribution in [0.25, 0.3) is 10.9 Å². The molecule has 20 heavy (non-hydrogen) atoms. The highest BCUT2D eigenvalue weighted by Gasteiger charge is 2.27. The number of aryl methyl sites for hydroxylation is 1. The lowest BCUT2D eigenvalue weighted by molar-refractivity contribution is 0.402. The molecule has 3 rings (SSSR count). The smallest absolute Gasteiger partial charge is 0.0706 e. The second-order valence-corrected chi connectivity index (χ2v) is 5.84. The van der Waals surface area contributed by atoms with Crippen molar-refractivity contribution >= 4 is 10.9 Å². The van der Waals surface area contributed by atoms with Crippen LogP contribution >= 0.6 is 0 Å². The van der Waals surface area contributed by atoms with E-state index in [-0.39, 0.29) is 0 Å². The average Bonchev–Trinajstić information content (AvgIpc) is 3.05. The molecule has 0 aliphatic heterocycles. The van der Waals surface area contributed by atoms with E-state index in [9.17, 15) is 0 Å². The van der Waals surface area contributed by atoms with Crippen LogP contribution in [0.4, 0.5) is 0 Å². The zero-order valence-electron chi connectivity index (χ0n) is 12.6. The summed E-state index contributed by atoms with van der Waals surface area (Å²) in [5.74, 6) is 0.749. The first-order chi connectivity index (χ1) is 9.83. The number of nitrogens with zero attached hydrogens (tertiary/aromatic N) is 2. The van der Waals surface area contributed by atoms with Gasteiger partial charge in [-0.2, -0.15) is 5.10 Å². The summed E-state index contributed by atoms with van der Waals surface area (Å²) in [6.45, 7) is 6.39. The summed E-state index contributed by atoms with van der Waals surface area (Å²) in [5, 5.41) is 9.85. The Bertz CT molecular complexity index is 573. The first-order valence-electron chi connectivity index (χ1n) is 8.01. The van der Waals surface area contributed by atoms with Gasteiger partial charge in [-0.1, -0.05) is 31.5 Å². The SMILES string of the molecule is CCNC1CCCC1Cc1nn(CC)c2ccccc12. The van der Waals surface area contributed by atoms with Gasteiger partial charge in [-0.3, -0.25) is 4.68 Å². The van der Waals surface area contributed by atoms with Crippen molar-refractivity contribution in [3.8, 4) is 0 Å². The second kappa shape index (κ2) is 5.96. The maximum Gasteiger partial charge on any atom is 0.0706 e. The number of para-hydroxylation sites is 1. The molecular formula is C17H25N3. The third kappa shape index (κ3) is 2.47. The Balaban J connectivity index is 1.87. The second-order valence-electron chi connectivity index (χ2n) is 5.84. The largest absolute Gasteiger partial charge is 0.314 e. The van der Waals surface area contributed by atoms with Crippen LogP contribution in [0.1, 0.15) is 38.8 Å². The lowest BCUT2D eigenvalue weighted by atomic mass is 9.96. The molecule has 0 radical (unpaired) electrons. The molecule has 2 atom stereocenters. The average molecular weight is 271 g/mol. The van der Waals surface area contributed by atoms with E-state index in [0.717, 1.165) is 25.4 Å². The van der Waals surface area contributed by atoms with Gasteiger partial charge in [0.15, 0.2) is 0 Å². The van der Waals surface area contributed by atoms with Crippen molar-refractivity contribution in [3.05, 3.63) is 30.0 Å². The number of fused-ring (bicyclic) bond motifs is 1. The Morgan fingerprint density at radius 2 is 2.10 bits per heavy atom. The van der Waals surface area contributed by atoms with Crippen LogP contribution in [0.2, 0.25) is 0 Å². The molecule has 0 amide bonds. The van der Waals surface area contributed by atoms with Crippen LogP contribution < -0.4 is 5.32 Å². The van der Waals surface area contributed by atoms with E-state index in [1.807, 2.05) is 0 Å². The van der Waals surface area contributed by atoms with E-state index in [4.69, 9.17) is 5.10 Å². The highest BCUT2D eigenvalue weighted by Crippen LogP contribution is 2.30. The first-order valence-corrected chi connectivity index (χ1v) is 8.01. The molecule has 108 valence electrons. The Labute approximate surface area is 121 Å². The molecule has 3 nitrogen and oxygen atoms in total. The molecule has 2 unspecified atom stereocenters. The summed E-state index contributed by atoms with van der Waals surface area (Å²) in [6.07, 6.45) is 5.13. The lowest BCUT2D eigenvalue weighted by Crippen LogP contribution is -2.33. The molecule has 1 fully saturated rings. The van der Waals surface area contributed by atoms with E-state index in [1.54, 1.807) is 0 Å². The Hall–Kier alpha value is -1.35. The number of aromatic nitrogens is 2. The molecule has 1 aliphatic carbocycles. The van der Waals surface area contributed by atoms with Crippen LogP contribution in [0, 0.1) is 5.92 Å². The fourth-order valence-electron chi connectivity index (χ4n) is 3.65. The molecule has 1 heterocycles. The molecule has 1 aromatic heterocycles. The maximum atomic E-state index is 4.85. The van der Waals surface area contributed by atoms with Crippen molar-refractivity contribution in [2.75, 3.05) is 6.54 Å². The van der Waals surface area contributed by atoms with Gasteiger partial charge in [0, 0.05) is 18.0 Å². The van der Waals surface area contributed by atoms with Gasteiger partial charge in [0.1, 0.15) is 0 Å². The molecule has 3 heteroatoms. The predicted octanol–water partition coefficient (Wildman–Crippen LogP) is 3.38. The first kappa shape index (κ1) is 13.6. The monoisotopic (exact) mass is 271 g/mol. The molecule has 1 aromatic carbocycles. The number of nitrogens with one attached hydrogen (secondary N) is 1. The zero-order chi connectivity index (χ0) is 13.9. The van der Waals surface area contributed by atoms with Crippen molar-refractivity contribution in [3.63, 3.8) is 0 Å². The van der Waals surface area contributed by atoms with Gasteiger partial charge in [0.05, 0.1) is 11.2 Å². The lowest BCUT2D eigenvalue weighted by Gasteiger charge is -2.19. The van der Waals surface area contributed by atoms with Gasteiger partial charge in [-0.05, 0) is 44.7 Å². The Kier molecular flexibility index (Phi) is 4.06. The van der Waals surface area contributed by atoms with Crippen LogP contribution in [-0.4, -0.2) is 22.4 Å². The van der Waals surface area contributed by atoms with Crippen molar-refractivity contribution < 1.29 is 0 Å². The van der Waals surface area contributed by atoms with Crippen molar-refractivity contribution in [1.82, 2.24) is 15.1 Å². The van der Waals surface area contributed by atoms with E-state index in [2.05, 4.69) is 48.1 Å². The molecular weight excluding hydrogens is 246 g/mol. The van der Waals surface area contributed by atoms with Crippen LogP contribution in [0.5, 0.6) is 0 Å². The number of hydrogen-bond acceptors (Lipinski definition) is 2. The van der Waals surface area contributed by atoms with Crippen molar-refractivity contribution in [2.24, 2.45) is 5.92 Å². The van der Waals surface area contributed by atoms with Crippen molar-refractivity contribution in [1.29, 1.82) is 0 Å². The number of hydrogen-bond donors (Lipinski definition) is 1. The molecule has 1 N–H and O–H groups in total. The van der Waals surface area contributed by atoms with E-state index in [0.29, 0.717) is 6.04 Å². The van der Waals surface area contributed by atoms with E-state index < -0.39 is 0 Å². The third-order valence-corrected chi connectivity index (χ3v) is 4.61. The summed E-state index contributed by atoms with van der Waals surface area (Å²) < 4.78 is 2.14. The van der Waals surface area contributed by atoms with Crippen molar-refractivity contribution in [2.45, 2.75) is 52.1 Å². The predicted molar refractivity (Wildman–Crippen MR) is 83.9 cm³/mol. The molecule has 1 aliphatic rings. The summed E-state index contributed by atoms with van der Waals surface area (Å²) in [4.78, 5) is 0. The van der Waals surface area contributed by atoms with Crippen LogP contribution in [-0.2, 0) is 13.0 Å². The van der Waals surface area contributed by atoms with Gasteiger partial charge in [0.2, 0.25) is 0 Å². The highest BCUT2D eigenvalue weighted by atomic mass is 15.3. The normalized spacial score (nSPS) is 22.7. The Morgan fingerprint density at radius 1 is 1.25 bits per heavy atom. The molecule has 0 spiro atoms.